The Morgan fingerprint density at radius 1 is 0.225 bits per heavy atom. The monoisotopic (exact) mass is 1530 g/mol. The topological polar surface area (TPSA) is 49.0 Å². The van der Waals surface area contributed by atoms with Gasteiger partial charge in [0.1, 0.15) is 11.5 Å². The number of nitrogens with one attached hydrogen (secondary N) is 1. The lowest BCUT2D eigenvalue weighted by atomic mass is 9.29. The van der Waals surface area contributed by atoms with Gasteiger partial charge in [0.2, 0.25) is 0 Å². The molecule has 20 aromatic rings. The van der Waals surface area contributed by atoms with Gasteiger partial charge < -0.3 is 43.4 Å². The van der Waals surface area contributed by atoms with E-state index in [1.165, 1.54) is 104 Å². The van der Waals surface area contributed by atoms with Gasteiger partial charge in [0.05, 0.1) is 61.5 Å². The summed E-state index contributed by atoms with van der Waals surface area (Å²) in [5, 5.41) is 11.7. The van der Waals surface area contributed by atoms with Crippen molar-refractivity contribution in [2.24, 2.45) is 0 Å². The van der Waals surface area contributed by atoms with Crippen LogP contribution in [0.4, 0.5) is 79.6 Å². The van der Waals surface area contributed by atoms with Gasteiger partial charge in [0.15, 0.2) is 0 Å². The number of benzene rings is 17. The van der Waals surface area contributed by atoms with E-state index < -0.39 is 0 Å². The molecule has 9 heterocycles. The number of fused-ring (bicyclic) bond motifs is 21. The highest BCUT2D eigenvalue weighted by Crippen LogP contribution is 2.53. The van der Waals surface area contributed by atoms with Crippen molar-refractivity contribution in [2.75, 3.05) is 24.9 Å². The number of anilines is 14. The highest BCUT2D eigenvalue weighted by atomic mass is 16.5. The Morgan fingerprint density at radius 3 is 1.02 bits per heavy atom. The zero-order valence-electron chi connectivity index (χ0n) is 67.1. The third-order valence-corrected chi connectivity index (χ3v) is 27.0. The SMILES string of the molecule is Cc1cc(C)c(N2c3cc4c(cc3B3c5cc6c(cc5Oc5cc(-n7c8ccccc8c8ccccc87)cc2c53)N(c2c(C)cc(C)cc2C)c2cc(-n3c5ccccc5c5ccccc53)cc3c2B6c2ccccc2N3c2ccccc2)B2c3ccccc3N(c3ccccc3)c3cc(-n5c6ccccc6c6ccccc65)cc(c32)N4)c(C)c1. The predicted molar refractivity (Wildman–Crippen MR) is 507 cm³/mol. The van der Waals surface area contributed by atoms with Crippen LogP contribution < -0.4 is 78.8 Å². The van der Waals surface area contributed by atoms with Crippen LogP contribution in [0.3, 0.4) is 0 Å². The lowest BCUT2D eigenvalue weighted by Crippen LogP contribution is -2.65. The Morgan fingerprint density at radius 2 is 0.567 bits per heavy atom. The van der Waals surface area contributed by atoms with E-state index in [1.807, 2.05) is 0 Å². The summed E-state index contributed by atoms with van der Waals surface area (Å²) in [5.74, 6) is 1.65. The third-order valence-electron chi connectivity index (χ3n) is 27.0. The van der Waals surface area contributed by atoms with Crippen LogP contribution in [0.15, 0.2) is 340 Å². The number of para-hydroxylation sites is 10. The van der Waals surface area contributed by atoms with E-state index in [0.29, 0.717) is 0 Å². The fraction of sp³-hybridized carbons (Fsp3) is 0.0556. The molecule has 17 aromatic carbocycles. The summed E-state index contributed by atoms with van der Waals surface area (Å²) in [5.41, 5.74) is 43.8. The predicted octanol–water partition coefficient (Wildman–Crippen LogP) is 21.7. The molecular weight excluding hydrogens is 1460 g/mol. The molecule has 0 saturated heterocycles. The molecule has 0 fully saturated rings. The summed E-state index contributed by atoms with van der Waals surface area (Å²) in [6.45, 7) is 12.9. The van der Waals surface area contributed by atoms with Crippen molar-refractivity contribution >= 4 is 214 Å². The second-order valence-corrected chi connectivity index (χ2v) is 33.9. The van der Waals surface area contributed by atoms with Crippen molar-refractivity contribution in [1.82, 2.24) is 13.7 Å². The Hall–Kier alpha value is -14.9. The Kier molecular flexibility index (Phi) is 13.9. The average molecular weight is 1530 g/mol. The maximum Gasteiger partial charge on any atom is 0.256 e. The number of ether oxygens (including phenoxy) is 1. The van der Waals surface area contributed by atoms with Gasteiger partial charge in [0, 0.05) is 113 Å². The van der Waals surface area contributed by atoms with E-state index in [2.05, 4.69) is 420 Å². The number of aryl methyl sites for hydroxylation is 6. The summed E-state index contributed by atoms with van der Waals surface area (Å²) < 4.78 is 15.7. The molecular formula is C108H75B3N8O. The Labute approximate surface area is 696 Å². The molecule has 0 radical (unpaired) electrons. The number of rotatable bonds is 7. The quantitative estimate of drug-likeness (QED) is 0.161. The van der Waals surface area contributed by atoms with Crippen LogP contribution in [-0.4, -0.2) is 33.8 Å². The van der Waals surface area contributed by atoms with E-state index in [0.717, 1.165) is 152 Å². The van der Waals surface area contributed by atoms with Crippen LogP contribution in [-0.2, 0) is 0 Å². The smallest absolute Gasteiger partial charge is 0.256 e. The molecule has 0 amide bonds. The highest BCUT2D eigenvalue weighted by molar-refractivity contribution is 7.04. The number of hydrogen-bond donors (Lipinski definition) is 1. The van der Waals surface area contributed by atoms with Gasteiger partial charge in [0.25, 0.3) is 20.1 Å². The summed E-state index contributed by atoms with van der Waals surface area (Å²) in [4.78, 5) is 10.4. The van der Waals surface area contributed by atoms with Gasteiger partial charge in [-0.3, -0.25) is 0 Å². The summed E-state index contributed by atoms with van der Waals surface area (Å²) >= 11 is 0. The van der Waals surface area contributed by atoms with Crippen molar-refractivity contribution in [3.05, 3.63) is 373 Å². The zero-order valence-corrected chi connectivity index (χ0v) is 67.1. The molecule has 0 aliphatic carbocycles. The zero-order chi connectivity index (χ0) is 79.3. The van der Waals surface area contributed by atoms with Crippen molar-refractivity contribution in [3.63, 3.8) is 0 Å². The number of nitrogens with zero attached hydrogens (tertiary/aromatic N) is 7. The van der Waals surface area contributed by atoms with Gasteiger partial charge in [-0.1, -0.05) is 230 Å². The lowest BCUT2D eigenvalue weighted by molar-refractivity contribution is 0.487. The molecule has 0 atom stereocenters. The highest BCUT2D eigenvalue weighted by Gasteiger charge is 2.51. The number of hydrogen-bond acceptors (Lipinski definition) is 6. The van der Waals surface area contributed by atoms with Gasteiger partial charge in [-0.2, -0.15) is 0 Å². The molecule has 9 nitrogen and oxygen atoms in total. The molecule has 0 unspecified atom stereocenters. The van der Waals surface area contributed by atoms with Crippen molar-refractivity contribution in [2.45, 2.75) is 41.5 Å². The van der Waals surface area contributed by atoms with E-state index in [-0.39, 0.29) is 20.1 Å². The molecule has 120 heavy (non-hydrogen) atoms. The minimum atomic E-state index is -0.355. The van der Waals surface area contributed by atoms with E-state index in [9.17, 15) is 0 Å². The van der Waals surface area contributed by atoms with Gasteiger partial charge in [-0.05, 0) is 222 Å². The first-order valence-corrected chi connectivity index (χ1v) is 42.0. The molecule has 1 N–H and O–H groups in total. The maximum atomic E-state index is 8.24. The van der Waals surface area contributed by atoms with Crippen LogP contribution in [0.5, 0.6) is 11.5 Å². The van der Waals surface area contributed by atoms with Crippen LogP contribution in [0.2, 0.25) is 0 Å². The minimum Gasteiger partial charge on any atom is -0.458 e. The third kappa shape index (κ3) is 9.24. The van der Waals surface area contributed by atoms with E-state index >= 15 is 0 Å². The minimum absolute atomic E-state index is 0.194. The number of aromatic nitrogens is 3. The fourth-order valence-corrected chi connectivity index (χ4v) is 22.7. The summed E-state index contributed by atoms with van der Waals surface area (Å²) in [6, 6.07) is 129. The van der Waals surface area contributed by atoms with Gasteiger partial charge in [-0.15, -0.1) is 0 Å². The second-order valence-electron chi connectivity index (χ2n) is 33.9. The molecule has 562 valence electrons. The first-order valence-electron chi connectivity index (χ1n) is 42.0. The van der Waals surface area contributed by atoms with Crippen LogP contribution in [0.1, 0.15) is 33.4 Å². The van der Waals surface area contributed by atoms with Crippen LogP contribution in [0, 0.1) is 41.5 Å². The van der Waals surface area contributed by atoms with Crippen molar-refractivity contribution in [1.29, 1.82) is 0 Å². The molecule has 6 aliphatic rings. The average Bonchev–Trinajstić information content (AvgIpc) is 0.734. The summed E-state index contributed by atoms with van der Waals surface area (Å²) in [7, 11) is 0. The van der Waals surface area contributed by atoms with Gasteiger partial charge >= 0.3 is 0 Å². The normalized spacial score (nSPS) is 13.6. The summed E-state index contributed by atoms with van der Waals surface area (Å²) in [6.07, 6.45) is 0. The molecule has 3 aromatic heterocycles. The van der Waals surface area contributed by atoms with Crippen LogP contribution >= 0.6 is 0 Å². The Balaban J connectivity index is 0.781. The molecule has 0 bridgehead atoms. The molecule has 26 rings (SSSR count). The Bertz CT molecular complexity index is 7750. The second kappa shape index (κ2) is 24.8. The fourth-order valence-electron chi connectivity index (χ4n) is 22.7. The standard InChI is InChI=1S/C108H75B3N8O/c1-63-49-65(3)107(66(4)50-63)118-96-61-86-82(109-80-39-19-27-47-94(80)113(69-29-9-7-10-30-69)98-54-71(53-87(112-86)104(98)109)115-88-41-21-13-33-74(88)75-34-14-22-42-89(75)115)59-83(96)111-85-60-84-97(62-102(85)120-103-58-73(57-101(118)106(103)111)117-92-45-25-17-37-78(92)79-38-18-26-46-93(79)117)119(108-67(5)51-64(2)52-68(108)6)100-56-72(116-90-43-23-15-35-76(90)77-36-16-24-44-91(77)116)55-99-105(100)110(84)81-40-20-28-48-95(81)114(99)70-31-11-8-12-32-70/h7-62,112H,1-6H3. The largest absolute Gasteiger partial charge is 0.458 e. The van der Waals surface area contributed by atoms with Crippen molar-refractivity contribution < 1.29 is 4.74 Å². The molecule has 6 aliphatic heterocycles. The molecule has 12 heteroatoms. The lowest BCUT2D eigenvalue weighted by Gasteiger charge is -2.46. The van der Waals surface area contributed by atoms with Crippen molar-refractivity contribution in [3.8, 4) is 28.6 Å². The van der Waals surface area contributed by atoms with Crippen LogP contribution in [0.25, 0.3) is 82.5 Å². The first-order chi connectivity index (χ1) is 59.0. The molecule has 0 saturated carbocycles. The maximum absolute atomic E-state index is 8.24. The first kappa shape index (κ1) is 67.3. The van der Waals surface area contributed by atoms with E-state index in [4.69, 9.17) is 4.74 Å². The van der Waals surface area contributed by atoms with E-state index in [1.54, 1.807) is 0 Å². The molecule has 0 spiro atoms. The van der Waals surface area contributed by atoms with Gasteiger partial charge in [-0.25, -0.2) is 0 Å².